The Morgan fingerprint density at radius 2 is 2.05 bits per heavy atom. The zero-order valence-electron chi connectivity index (χ0n) is 10.2. The molecule has 6 nitrogen and oxygen atoms in total. The minimum Gasteiger partial charge on any atom is -0.451 e. The van der Waals surface area contributed by atoms with Crippen LogP contribution in [0.4, 0.5) is 19.1 Å². The number of benzene rings is 1. The maximum Gasteiger partial charge on any atom is 0.451 e. The lowest BCUT2D eigenvalue weighted by Gasteiger charge is -1.98. The molecule has 0 fully saturated rings. The first-order valence-electron chi connectivity index (χ1n) is 5.73. The van der Waals surface area contributed by atoms with Crippen LogP contribution in [0.1, 0.15) is 16.4 Å². The fourth-order valence-electron chi connectivity index (χ4n) is 1.70. The summed E-state index contributed by atoms with van der Waals surface area (Å²) in [7, 11) is 0. The average Bonchev–Trinajstić information content (AvgIpc) is 3.03. The summed E-state index contributed by atoms with van der Waals surface area (Å²) in [6, 6.07) is 8.38. The Labute approximate surface area is 115 Å². The number of nitrogens with zero attached hydrogens (tertiary/aromatic N) is 2. The van der Waals surface area contributed by atoms with Crippen LogP contribution in [-0.2, 0) is 6.18 Å². The number of anilines is 1. The van der Waals surface area contributed by atoms with Gasteiger partial charge in [-0.05, 0) is 12.1 Å². The monoisotopic (exact) mass is 296 g/mol. The van der Waals surface area contributed by atoms with E-state index in [0.29, 0.717) is 11.0 Å². The Balaban J connectivity index is 1.81. The SMILES string of the molecule is O=C(Nc1n[nH]c(C(F)(F)F)n1)c1cc2ccccc2o1. The van der Waals surface area contributed by atoms with Crippen LogP contribution in [0, 0.1) is 0 Å². The van der Waals surface area contributed by atoms with E-state index in [2.05, 4.69) is 15.4 Å². The molecule has 2 N–H and O–H groups in total. The molecule has 0 aliphatic carbocycles. The van der Waals surface area contributed by atoms with Crippen molar-refractivity contribution in [3.63, 3.8) is 0 Å². The molecule has 108 valence electrons. The number of H-pyrrole nitrogens is 1. The quantitative estimate of drug-likeness (QED) is 0.761. The maximum atomic E-state index is 12.3. The van der Waals surface area contributed by atoms with Gasteiger partial charge in [-0.3, -0.25) is 15.2 Å². The minimum atomic E-state index is -4.66. The standard InChI is InChI=1S/C12H7F3N4O2/c13-12(14,15)10-17-11(19-18-10)16-9(20)8-5-6-3-1-2-4-7(6)21-8/h1-5H,(H2,16,17,18,19,20). The number of aromatic amines is 1. The number of nitrogens with one attached hydrogen (secondary N) is 2. The predicted molar refractivity (Wildman–Crippen MR) is 65.6 cm³/mol. The van der Waals surface area contributed by atoms with E-state index in [1.54, 1.807) is 29.4 Å². The number of furan rings is 1. The van der Waals surface area contributed by atoms with Gasteiger partial charge in [0.15, 0.2) is 5.76 Å². The molecule has 0 atom stereocenters. The summed E-state index contributed by atoms with van der Waals surface area (Å²) in [6.45, 7) is 0. The van der Waals surface area contributed by atoms with Crippen LogP contribution in [0.15, 0.2) is 34.7 Å². The lowest BCUT2D eigenvalue weighted by atomic mass is 10.2. The van der Waals surface area contributed by atoms with Gasteiger partial charge >= 0.3 is 6.18 Å². The van der Waals surface area contributed by atoms with Crippen LogP contribution in [-0.4, -0.2) is 21.1 Å². The Hall–Kier alpha value is -2.84. The number of hydrogen-bond donors (Lipinski definition) is 2. The molecule has 0 aliphatic heterocycles. The van der Waals surface area contributed by atoms with Gasteiger partial charge in [-0.25, -0.2) is 0 Å². The zero-order chi connectivity index (χ0) is 15.0. The highest BCUT2D eigenvalue weighted by Crippen LogP contribution is 2.26. The van der Waals surface area contributed by atoms with Crippen molar-refractivity contribution in [1.82, 2.24) is 15.2 Å². The fourth-order valence-corrected chi connectivity index (χ4v) is 1.70. The van der Waals surface area contributed by atoms with Crippen molar-refractivity contribution in [2.75, 3.05) is 5.32 Å². The molecular weight excluding hydrogens is 289 g/mol. The number of amides is 1. The first kappa shape index (κ1) is 13.2. The lowest BCUT2D eigenvalue weighted by molar-refractivity contribution is -0.144. The summed E-state index contributed by atoms with van der Waals surface area (Å²) in [5, 5.41) is 7.80. The van der Waals surface area contributed by atoms with Gasteiger partial charge in [-0.15, -0.1) is 5.10 Å². The maximum absolute atomic E-state index is 12.3. The van der Waals surface area contributed by atoms with E-state index < -0.39 is 23.9 Å². The molecule has 0 aliphatic rings. The fraction of sp³-hybridized carbons (Fsp3) is 0.0833. The van der Waals surface area contributed by atoms with E-state index in [4.69, 9.17) is 4.42 Å². The molecule has 0 saturated heterocycles. The normalized spacial score (nSPS) is 11.8. The number of fused-ring (bicyclic) bond motifs is 1. The Kier molecular flexibility index (Phi) is 2.89. The van der Waals surface area contributed by atoms with E-state index in [9.17, 15) is 18.0 Å². The average molecular weight is 296 g/mol. The summed E-state index contributed by atoms with van der Waals surface area (Å²) in [5.41, 5.74) is 0.494. The van der Waals surface area contributed by atoms with Crippen LogP contribution < -0.4 is 5.32 Å². The third-order valence-corrected chi connectivity index (χ3v) is 2.63. The Morgan fingerprint density at radius 3 is 2.71 bits per heavy atom. The smallest absolute Gasteiger partial charge is 0.451 e. The summed E-state index contributed by atoms with van der Waals surface area (Å²) in [5.74, 6) is -2.55. The molecule has 0 saturated carbocycles. The highest BCUT2D eigenvalue weighted by atomic mass is 19.4. The molecule has 3 rings (SSSR count). The Morgan fingerprint density at radius 1 is 1.29 bits per heavy atom. The van der Waals surface area contributed by atoms with Gasteiger partial charge in [0.1, 0.15) is 5.58 Å². The molecule has 3 aromatic rings. The molecule has 2 aromatic heterocycles. The molecular formula is C12H7F3N4O2. The lowest BCUT2D eigenvalue weighted by Crippen LogP contribution is -2.12. The van der Waals surface area contributed by atoms with E-state index in [1.165, 1.54) is 6.07 Å². The van der Waals surface area contributed by atoms with Gasteiger partial charge in [0.25, 0.3) is 5.91 Å². The third kappa shape index (κ3) is 2.57. The third-order valence-electron chi connectivity index (χ3n) is 2.63. The van der Waals surface area contributed by atoms with Crippen LogP contribution in [0.25, 0.3) is 11.0 Å². The van der Waals surface area contributed by atoms with Crippen molar-refractivity contribution < 1.29 is 22.4 Å². The number of carbonyl (C=O) groups is 1. The second-order valence-electron chi connectivity index (χ2n) is 4.11. The molecule has 0 bridgehead atoms. The van der Waals surface area contributed by atoms with Gasteiger partial charge in [0.2, 0.25) is 11.8 Å². The second kappa shape index (κ2) is 4.62. The van der Waals surface area contributed by atoms with E-state index >= 15 is 0 Å². The van der Waals surface area contributed by atoms with Gasteiger partial charge in [-0.1, -0.05) is 18.2 Å². The summed E-state index contributed by atoms with van der Waals surface area (Å²) < 4.78 is 42.3. The van der Waals surface area contributed by atoms with Crippen molar-refractivity contribution in [1.29, 1.82) is 0 Å². The number of alkyl halides is 3. The van der Waals surface area contributed by atoms with Gasteiger partial charge in [0.05, 0.1) is 0 Å². The molecule has 0 unspecified atom stereocenters. The number of hydrogen-bond acceptors (Lipinski definition) is 4. The predicted octanol–water partition coefficient (Wildman–Crippen LogP) is 2.82. The number of para-hydroxylation sites is 1. The topological polar surface area (TPSA) is 83.8 Å². The van der Waals surface area contributed by atoms with Crippen LogP contribution in [0.3, 0.4) is 0 Å². The van der Waals surface area contributed by atoms with Gasteiger partial charge in [-0.2, -0.15) is 18.2 Å². The molecule has 2 heterocycles. The van der Waals surface area contributed by atoms with Crippen molar-refractivity contribution in [2.45, 2.75) is 6.18 Å². The van der Waals surface area contributed by atoms with Crippen molar-refractivity contribution >= 4 is 22.8 Å². The molecule has 0 radical (unpaired) electrons. The molecule has 21 heavy (non-hydrogen) atoms. The molecule has 0 spiro atoms. The van der Waals surface area contributed by atoms with Crippen LogP contribution >= 0.6 is 0 Å². The number of rotatable bonds is 2. The first-order chi connectivity index (χ1) is 9.93. The highest BCUT2D eigenvalue weighted by Gasteiger charge is 2.35. The first-order valence-corrected chi connectivity index (χ1v) is 5.73. The van der Waals surface area contributed by atoms with Gasteiger partial charge < -0.3 is 4.42 Å². The van der Waals surface area contributed by atoms with Gasteiger partial charge in [0, 0.05) is 5.39 Å². The summed E-state index contributed by atoms with van der Waals surface area (Å²) in [4.78, 5) is 15.0. The number of aromatic nitrogens is 3. The molecule has 9 heteroatoms. The van der Waals surface area contributed by atoms with Crippen molar-refractivity contribution in [2.24, 2.45) is 0 Å². The van der Waals surface area contributed by atoms with E-state index in [-0.39, 0.29) is 5.76 Å². The number of halogens is 3. The minimum absolute atomic E-state index is 0.0467. The van der Waals surface area contributed by atoms with E-state index in [0.717, 1.165) is 0 Å². The van der Waals surface area contributed by atoms with E-state index in [1.807, 2.05) is 0 Å². The van der Waals surface area contributed by atoms with Crippen LogP contribution in [0.2, 0.25) is 0 Å². The Bertz CT molecular complexity index is 773. The number of carbonyl (C=O) groups excluding carboxylic acids is 1. The summed E-state index contributed by atoms with van der Waals surface area (Å²) >= 11 is 0. The second-order valence-corrected chi connectivity index (χ2v) is 4.11. The van der Waals surface area contributed by atoms with Crippen LogP contribution in [0.5, 0.6) is 0 Å². The van der Waals surface area contributed by atoms with Crippen molar-refractivity contribution in [3.8, 4) is 0 Å². The molecule has 1 amide bonds. The zero-order valence-corrected chi connectivity index (χ0v) is 10.2. The van der Waals surface area contributed by atoms with Crippen molar-refractivity contribution in [3.05, 3.63) is 41.9 Å². The summed E-state index contributed by atoms with van der Waals surface area (Å²) in [6.07, 6.45) is -4.66. The largest absolute Gasteiger partial charge is 0.451 e. The molecule has 1 aromatic carbocycles. The highest BCUT2D eigenvalue weighted by molar-refractivity contribution is 6.03.